The van der Waals surface area contributed by atoms with Crippen LogP contribution in [0.5, 0.6) is 0 Å². The van der Waals surface area contributed by atoms with E-state index in [0.717, 1.165) is 125 Å². The molecule has 3 atom stereocenters. The van der Waals surface area contributed by atoms with Gasteiger partial charge in [-0.25, -0.2) is 50.9 Å². The number of carbonyl (C=O) groups excluding carboxylic acids is 6. The summed E-state index contributed by atoms with van der Waals surface area (Å²) in [7, 11) is -29.4. The monoisotopic (exact) mass is 2250 g/mol. The summed E-state index contributed by atoms with van der Waals surface area (Å²) in [6.07, 6.45) is 6.33. The van der Waals surface area contributed by atoms with Gasteiger partial charge in [-0.05, 0) is 305 Å². The quantitative estimate of drug-likeness (QED) is 0.0189. The van der Waals surface area contributed by atoms with Crippen molar-refractivity contribution in [3.05, 3.63) is 256 Å². The summed E-state index contributed by atoms with van der Waals surface area (Å²) >= 11 is 4.35. The second-order valence-corrected chi connectivity index (χ2v) is 42.4. The zero-order valence-electron chi connectivity index (χ0n) is 74.8. The lowest BCUT2D eigenvalue weighted by Gasteiger charge is -2.23. The first-order valence-corrected chi connectivity index (χ1v) is 49.4. The molecule has 0 spiro atoms. The van der Waals surface area contributed by atoms with Crippen LogP contribution in [-0.4, -0.2) is 173 Å². The Morgan fingerprint density at radius 1 is 0.314 bits per heavy atom. The Hall–Kier alpha value is -9.77. The summed E-state index contributed by atoms with van der Waals surface area (Å²) in [4.78, 5) is 72.9. The minimum Gasteiger partial charge on any atom is -0.743 e. The molecule has 0 radical (unpaired) electrons. The predicted molar refractivity (Wildman–Crippen MR) is 484 cm³/mol. The van der Waals surface area contributed by atoms with Crippen molar-refractivity contribution in [3.63, 3.8) is 0 Å². The van der Waals surface area contributed by atoms with E-state index in [9.17, 15) is 146 Å². The molecule has 744 valence electrons. The highest BCUT2D eigenvalue weighted by atomic mass is 127. The number of alkyl halides is 12. The molecular formula is C91H85F12I2O27S5-5. The molecular weight excluding hydrogens is 2170 g/mol. The topological polar surface area (TPSA) is 444 Å². The van der Waals surface area contributed by atoms with Crippen LogP contribution in [-0.2, 0) is 108 Å². The van der Waals surface area contributed by atoms with E-state index in [2.05, 4.69) is 68.9 Å². The Bertz CT molecular complexity index is 6690. The van der Waals surface area contributed by atoms with Crippen LogP contribution in [0, 0.1) is 68.4 Å². The maximum Gasteiger partial charge on any atom is 0.367 e. The van der Waals surface area contributed by atoms with E-state index >= 15 is 0 Å². The highest BCUT2D eigenvalue weighted by Crippen LogP contribution is 2.51. The van der Waals surface area contributed by atoms with Crippen LogP contribution in [0.1, 0.15) is 178 Å². The number of allylic oxidation sites excluding steroid dienone is 3. The van der Waals surface area contributed by atoms with Gasteiger partial charge in [0, 0.05) is 14.1 Å². The van der Waals surface area contributed by atoms with E-state index < -0.39 is 194 Å². The molecule has 7 aromatic rings. The number of carbonyl (C=O) groups is 6. The molecule has 13 rings (SSSR count). The van der Waals surface area contributed by atoms with Crippen LogP contribution in [0.2, 0.25) is 0 Å². The second-order valence-electron chi connectivity index (χ2n) is 32.4. The molecule has 6 aliphatic carbocycles. The van der Waals surface area contributed by atoms with Gasteiger partial charge in [0.2, 0.25) is 0 Å². The van der Waals surface area contributed by atoms with Crippen LogP contribution >= 0.6 is 45.2 Å². The van der Waals surface area contributed by atoms with E-state index in [1.54, 1.807) is 120 Å². The zero-order chi connectivity index (χ0) is 104. The van der Waals surface area contributed by atoms with Crippen molar-refractivity contribution >= 4 is 149 Å². The van der Waals surface area contributed by atoms with Crippen molar-refractivity contribution in [2.24, 2.45) is 5.92 Å². The molecule has 0 aromatic heterocycles. The van der Waals surface area contributed by atoms with Gasteiger partial charge in [-0.1, -0.05) is 126 Å². The number of halogens is 14. The first-order valence-electron chi connectivity index (χ1n) is 40.2. The summed E-state index contributed by atoms with van der Waals surface area (Å²) in [5.74, 6) is -13.8. The van der Waals surface area contributed by atoms with Gasteiger partial charge >= 0.3 is 62.1 Å². The van der Waals surface area contributed by atoms with Crippen molar-refractivity contribution in [2.45, 2.75) is 166 Å². The third kappa shape index (κ3) is 24.8. The van der Waals surface area contributed by atoms with Gasteiger partial charge in [-0.3, -0.25) is 28.8 Å². The number of rotatable bonds is 23. The van der Waals surface area contributed by atoms with E-state index in [4.69, 9.17) is 4.74 Å². The van der Waals surface area contributed by atoms with Crippen molar-refractivity contribution in [1.82, 2.24) is 0 Å². The fourth-order valence-corrected chi connectivity index (χ4v) is 17.5. The SMILES string of the molecule is CC(F)(F)COC(=O)C1c2cc(I)ccc2-c2ccc(I)cc21.CC1=C(C)C(C(=O)OCC(F)(F)S(=O)(=O)[O-])C(C)=C1C.CC1=C(C)C(C(=O)OCC(F)(F)S(=O)(=O)[O-])c2c(C)c(C)c(C)c(C)c21.Cc1c(C)c(C)c2c(c1C)C=CC2C(=O)OCC(F)(F)S(=O)(=O)[O-].O=C(OCC(F)(F)S(=O)(=O)[O-])C1C=Cc2ccccc21.O=C(OCC(F)(F)S(=O)(=O)[O-])C1c2ccccc2-c2ccccc21. The van der Waals surface area contributed by atoms with Gasteiger partial charge in [-0.2, -0.15) is 43.9 Å². The first kappa shape index (κ1) is 113. The Labute approximate surface area is 808 Å². The largest absolute Gasteiger partial charge is 0.743 e. The summed E-state index contributed by atoms with van der Waals surface area (Å²) in [6, 6.07) is 32.3. The molecule has 0 N–H and O–H groups in total. The maximum absolute atomic E-state index is 13.3. The third-order valence-corrected chi connectivity index (χ3v) is 29.4. The Kier molecular flexibility index (Phi) is 34.8. The number of benzene rings is 7. The van der Waals surface area contributed by atoms with Crippen LogP contribution < -0.4 is 0 Å². The van der Waals surface area contributed by atoms with E-state index in [1.165, 1.54) is 12.2 Å². The van der Waals surface area contributed by atoms with Gasteiger partial charge in [0.15, 0.2) is 90.2 Å². The van der Waals surface area contributed by atoms with Crippen LogP contribution in [0.25, 0.3) is 40.0 Å². The fourth-order valence-electron chi connectivity index (χ4n) is 15.5. The average molecular weight is 2250 g/mol. The minimum atomic E-state index is -5.91. The molecule has 6 aliphatic rings. The number of esters is 6. The molecule has 0 heterocycles. The van der Waals surface area contributed by atoms with E-state index in [1.807, 2.05) is 98.7 Å². The normalized spacial score (nSPS) is 16.3. The van der Waals surface area contributed by atoms with Gasteiger partial charge in [0.05, 0.1) is 5.92 Å². The van der Waals surface area contributed by atoms with Crippen molar-refractivity contribution in [1.29, 1.82) is 0 Å². The van der Waals surface area contributed by atoms with Crippen LogP contribution in [0.4, 0.5) is 52.7 Å². The standard InChI is InChI=1S/C18H22F2O5S.C17H12F2I2O2.C16H12F2O5S.C16H18F2O5S.C12H10F2O5S.C12H16F2O5S/c1-8-9(2)11(4)15-14(10(8)3)12(5)13(6)16(15)17(21)25-7-18(19,20)26(22,23)24;1-17(18,19)8-23-16(22)15-13-6-9(20)2-4-11(13)12-5-3-10(21)7-14(12)15;17-16(18,24(20,21)22)9-23-15(19)14-12-7-3-1-5-10(12)11-6-2-4-8-13(11)14;1-8-9(2)11(4)14-12(10(8)3)5-6-13(14)15(19)23-7-16(17,18)24(20,21)22;13-12(14,20(16,17)18)7-19-11(15)10-6-5-8-3-1-2-4-9(8)10;1-6-7(2)9(4)10(8(6)3)11(15)19-5-12(13,14)20(16,17)18/h16H,7H2,1-6H3,(H,22,23,24);2-7,15H,8H2,1H3;1-8,14H,9H2,(H,20,21,22);5-6,13H,7H2,1-4H3,(H,20,21,22);1-6,10H,7H2,(H,16,17,18);10H,5H2,1-4H3,(H,16,17,18)/p-5. The lowest BCUT2D eigenvalue weighted by molar-refractivity contribution is -0.154. The second kappa shape index (κ2) is 42.3. The van der Waals surface area contributed by atoms with Crippen molar-refractivity contribution in [3.8, 4) is 22.3 Å². The Morgan fingerprint density at radius 3 is 0.993 bits per heavy atom. The first-order chi connectivity index (χ1) is 62.7. The Balaban J connectivity index is 0.000000202. The van der Waals surface area contributed by atoms with Gasteiger partial charge < -0.3 is 51.2 Å². The molecule has 0 bridgehead atoms. The summed E-state index contributed by atoms with van der Waals surface area (Å²) in [5, 5.41) is -23.2. The minimum absolute atomic E-state index is 0.575. The van der Waals surface area contributed by atoms with Gasteiger partial charge in [-0.15, -0.1) is 0 Å². The average Bonchev–Trinajstić information content (AvgIpc) is 1.58. The third-order valence-electron chi connectivity index (χ3n) is 23.8. The molecule has 27 nitrogen and oxygen atoms in total. The van der Waals surface area contributed by atoms with E-state index in [0.29, 0.717) is 44.5 Å². The smallest absolute Gasteiger partial charge is 0.367 e. The number of hydrogen-bond donors (Lipinski definition) is 0. The van der Waals surface area contributed by atoms with Crippen molar-refractivity contribution in [2.75, 3.05) is 39.6 Å². The summed E-state index contributed by atoms with van der Waals surface area (Å²) < 4.78 is 342. The molecule has 46 heteroatoms. The molecule has 0 fully saturated rings. The zero-order valence-corrected chi connectivity index (χ0v) is 83.2. The van der Waals surface area contributed by atoms with Crippen LogP contribution in [0.15, 0.2) is 149 Å². The lowest BCUT2D eigenvalue weighted by atomic mass is 9.85. The Morgan fingerprint density at radius 2 is 0.606 bits per heavy atom. The highest BCUT2D eigenvalue weighted by Gasteiger charge is 2.48. The number of hydrogen-bond acceptors (Lipinski definition) is 27. The van der Waals surface area contributed by atoms with Gasteiger partial charge in [0.1, 0.15) is 29.6 Å². The molecule has 3 unspecified atom stereocenters. The summed E-state index contributed by atoms with van der Waals surface area (Å²) in [5.41, 5.74) is 23.1. The summed E-state index contributed by atoms with van der Waals surface area (Å²) in [6.45, 7) is 16.6. The molecule has 137 heavy (non-hydrogen) atoms. The molecule has 0 amide bonds. The fraction of sp³-hybridized carbons (Fsp3) is 0.363. The number of fused-ring (bicyclic) bond motifs is 9. The van der Waals surface area contributed by atoms with Crippen LogP contribution in [0.3, 0.4) is 0 Å². The maximum atomic E-state index is 13.3. The predicted octanol–water partition coefficient (Wildman–Crippen LogP) is 17.3. The molecule has 0 saturated carbocycles. The lowest BCUT2D eigenvalue weighted by Crippen LogP contribution is -2.36. The van der Waals surface area contributed by atoms with Gasteiger partial charge in [0.25, 0.3) is 5.92 Å². The number of ether oxygens (including phenoxy) is 6. The molecule has 7 aromatic carbocycles. The van der Waals surface area contributed by atoms with Crippen molar-refractivity contribution < 1.29 is 175 Å². The molecule has 0 aliphatic heterocycles. The van der Waals surface area contributed by atoms with E-state index in [-0.39, 0.29) is 0 Å². The highest BCUT2D eigenvalue weighted by molar-refractivity contribution is 14.1. The molecule has 0 saturated heterocycles.